The van der Waals surface area contributed by atoms with E-state index in [9.17, 15) is 14.9 Å². The summed E-state index contributed by atoms with van der Waals surface area (Å²) in [5.41, 5.74) is 2.49. The van der Waals surface area contributed by atoms with Crippen molar-refractivity contribution in [2.75, 3.05) is 13.7 Å². The normalized spacial score (nSPS) is 15.9. The Morgan fingerprint density at radius 2 is 2.03 bits per heavy atom. The molecule has 1 aliphatic heterocycles. The molecule has 166 valence electrons. The van der Waals surface area contributed by atoms with Gasteiger partial charge in [-0.1, -0.05) is 0 Å². The summed E-state index contributed by atoms with van der Waals surface area (Å²) >= 11 is 1.22. The summed E-state index contributed by atoms with van der Waals surface area (Å²) in [5, 5.41) is 11.4. The van der Waals surface area contributed by atoms with Crippen molar-refractivity contribution in [3.8, 4) is 16.6 Å². The van der Waals surface area contributed by atoms with Crippen molar-refractivity contribution in [1.82, 2.24) is 14.5 Å². The van der Waals surface area contributed by atoms with Crippen LogP contribution in [0, 0.1) is 11.3 Å². The van der Waals surface area contributed by atoms with Gasteiger partial charge in [0.15, 0.2) is 0 Å². The highest BCUT2D eigenvalue weighted by atomic mass is 32.1. The van der Waals surface area contributed by atoms with E-state index in [1.54, 1.807) is 11.0 Å². The molecule has 0 bridgehead atoms. The number of hydrogen-bond donors (Lipinski definition) is 0. The van der Waals surface area contributed by atoms with E-state index in [-0.39, 0.29) is 12.1 Å². The number of carbonyl (C=O) groups excluding carboxylic acids is 2. The predicted molar refractivity (Wildman–Crippen MR) is 120 cm³/mol. The van der Waals surface area contributed by atoms with Crippen molar-refractivity contribution >= 4 is 34.3 Å². The molecule has 4 rings (SSSR count). The lowest BCUT2D eigenvalue weighted by atomic mass is 10.1. The number of amides is 1. The molecule has 3 aromatic rings. The first-order chi connectivity index (χ1) is 15.1. The van der Waals surface area contributed by atoms with E-state index in [2.05, 4.69) is 15.6 Å². The maximum absolute atomic E-state index is 12.6. The van der Waals surface area contributed by atoms with Gasteiger partial charge in [-0.2, -0.15) is 5.26 Å². The molecule has 1 aromatic carbocycles. The van der Waals surface area contributed by atoms with Gasteiger partial charge in [-0.25, -0.2) is 14.6 Å². The van der Waals surface area contributed by atoms with Gasteiger partial charge in [0, 0.05) is 29.2 Å². The lowest BCUT2D eigenvalue weighted by Crippen LogP contribution is -2.42. The molecule has 1 amide bonds. The van der Waals surface area contributed by atoms with Gasteiger partial charge in [0.1, 0.15) is 21.6 Å². The zero-order valence-corrected chi connectivity index (χ0v) is 19.4. The Labute approximate surface area is 190 Å². The maximum Gasteiger partial charge on any atom is 0.410 e. The van der Waals surface area contributed by atoms with Gasteiger partial charge in [0.25, 0.3) is 0 Å². The van der Waals surface area contributed by atoms with Gasteiger partial charge >= 0.3 is 12.1 Å². The van der Waals surface area contributed by atoms with Crippen LogP contribution in [0.1, 0.15) is 54.7 Å². The summed E-state index contributed by atoms with van der Waals surface area (Å²) in [5.74, 6) is -0.439. The van der Waals surface area contributed by atoms with E-state index in [4.69, 9.17) is 9.47 Å². The molecule has 3 heterocycles. The summed E-state index contributed by atoms with van der Waals surface area (Å²) in [6.07, 6.45) is 1.13. The molecule has 0 radical (unpaired) electrons. The van der Waals surface area contributed by atoms with Crippen LogP contribution in [0.2, 0.25) is 0 Å². The Kier molecular flexibility index (Phi) is 5.42. The summed E-state index contributed by atoms with van der Waals surface area (Å²) in [7, 11) is 1.33. The molecule has 0 spiro atoms. The van der Waals surface area contributed by atoms with Crippen molar-refractivity contribution in [3.05, 3.63) is 40.5 Å². The molecule has 32 heavy (non-hydrogen) atoms. The smallest absolute Gasteiger partial charge is 0.410 e. The fraction of sp³-hybridized carbons (Fsp3) is 0.391. The summed E-state index contributed by atoms with van der Waals surface area (Å²) in [6.45, 7) is 8.46. The third-order valence-corrected chi connectivity index (χ3v) is 6.23. The van der Waals surface area contributed by atoms with Crippen LogP contribution >= 0.6 is 11.3 Å². The summed E-state index contributed by atoms with van der Waals surface area (Å²) in [6, 6.07) is 8.04. The van der Waals surface area contributed by atoms with Crippen LogP contribution < -0.4 is 0 Å². The summed E-state index contributed by atoms with van der Waals surface area (Å²) in [4.78, 5) is 30.8. The first-order valence-electron chi connectivity index (χ1n) is 10.2. The minimum atomic E-state index is -0.565. The molecule has 2 aromatic heterocycles. The molecular formula is C23H24N4O4S. The zero-order chi connectivity index (χ0) is 23.2. The molecular weight excluding hydrogens is 428 g/mol. The molecule has 9 heteroatoms. The first kappa shape index (κ1) is 21.8. The van der Waals surface area contributed by atoms with Crippen LogP contribution in [0.15, 0.2) is 24.4 Å². The highest BCUT2D eigenvalue weighted by molar-refractivity contribution is 7.16. The molecule has 0 fully saturated rings. The number of esters is 1. The molecule has 1 aliphatic rings. The van der Waals surface area contributed by atoms with Crippen LogP contribution in [-0.4, -0.2) is 45.8 Å². The number of nitriles is 1. The lowest BCUT2D eigenvalue weighted by molar-refractivity contribution is 0.0176. The van der Waals surface area contributed by atoms with Gasteiger partial charge in [-0.3, -0.25) is 0 Å². The molecule has 0 saturated heterocycles. The van der Waals surface area contributed by atoms with Crippen molar-refractivity contribution in [2.45, 2.75) is 45.9 Å². The number of rotatable bonds is 2. The SMILES string of the molecule is COC(=O)c1cnc(-c2cc(C#N)c3c(c2)cc2n3C(C)CN(C(=O)OC(C)(C)C)C2)s1. The standard InChI is InChI=1S/C23H24N4O4S/c1-13-11-26(22(29)31-23(2,3)4)12-17-8-14-6-15(7-16(9-24)19(14)27(13)17)20-25-10-18(32-20)21(28)30-5/h6-8,10,13H,11-12H2,1-5H3. The van der Waals surface area contributed by atoms with E-state index in [1.165, 1.54) is 24.6 Å². The maximum atomic E-state index is 12.6. The fourth-order valence-electron chi connectivity index (χ4n) is 3.99. The number of ether oxygens (including phenoxy) is 2. The van der Waals surface area contributed by atoms with E-state index >= 15 is 0 Å². The zero-order valence-electron chi connectivity index (χ0n) is 18.6. The molecule has 1 atom stereocenters. The highest BCUT2D eigenvalue weighted by Gasteiger charge is 2.31. The Morgan fingerprint density at radius 3 is 2.69 bits per heavy atom. The summed E-state index contributed by atoms with van der Waals surface area (Å²) < 4.78 is 12.4. The number of fused-ring (bicyclic) bond motifs is 3. The Balaban J connectivity index is 1.75. The molecule has 0 N–H and O–H groups in total. The number of aromatic nitrogens is 2. The number of hydrogen-bond acceptors (Lipinski definition) is 7. The van der Waals surface area contributed by atoms with Gasteiger partial charge < -0.3 is 18.9 Å². The van der Waals surface area contributed by atoms with Crippen molar-refractivity contribution in [3.63, 3.8) is 0 Å². The van der Waals surface area contributed by atoms with Crippen LogP contribution in [0.4, 0.5) is 4.79 Å². The highest BCUT2D eigenvalue weighted by Crippen LogP contribution is 2.36. The Bertz CT molecular complexity index is 1260. The van der Waals surface area contributed by atoms with E-state index in [0.29, 0.717) is 28.5 Å². The van der Waals surface area contributed by atoms with Crippen LogP contribution in [0.3, 0.4) is 0 Å². The second-order valence-electron chi connectivity index (χ2n) is 8.81. The Hall–Kier alpha value is -3.38. The quantitative estimate of drug-likeness (QED) is 0.521. The average molecular weight is 453 g/mol. The molecule has 0 saturated carbocycles. The monoisotopic (exact) mass is 452 g/mol. The lowest BCUT2D eigenvalue weighted by Gasteiger charge is -2.35. The number of nitrogens with zero attached hydrogens (tertiary/aromatic N) is 4. The topological polar surface area (TPSA) is 97.5 Å². The van der Waals surface area contributed by atoms with E-state index < -0.39 is 11.6 Å². The second-order valence-corrected chi connectivity index (χ2v) is 9.84. The number of carbonyl (C=O) groups is 2. The minimum absolute atomic E-state index is 0.0208. The van der Waals surface area contributed by atoms with Crippen molar-refractivity contribution in [1.29, 1.82) is 5.26 Å². The predicted octanol–water partition coefficient (Wildman–Crippen LogP) is 4.73. The van der Waals surface area contributed by atoms with Gasteiger partial charge in [-0.05, 0) is 45.9 Å². The van der Waals surface area contributed by atoms with Gasteiger partial charge in [0.05, 0.1) is 30.9 Å². The van der Waals surface area contributed by atoms with Crippen LogP contribution in [0.25, 0.3) is 21.5 Å². The molecule has 0 aliphatic carbocycles. The minimum Gasteiger partial charge on any atom is -0.465 e. The third kappa shape index (κ3) is 3.94. The third-order valence-electron chi connectivity index (χ3n) is 5.20. The van der Waals surface area contributed by atoms with Crippen LogP contribution in [0.5, 0.6) is 0 Å². The number of benzene rings is 1. The number of thiazole rings is 1. The van der Waals surface area contributed by atoms with E-state index in [0.717, 1.165) is 22.2 Å². The fourth-order valence-corrected chi connectivity index (χ4v) is 4.81. The largest absolute Gasteiger partial charge is 0.465 e. The van der Waals surface area contributed by atoms with Crippen LogP contribution in [-0.2, 0) is 16.0 Å². The van der Waals surface area contributed by atoms with Gasteiger partial charge in [-0.15, -0.1) is 11.3 Å². The first-order valence-corrected chi connectivity index (χ1v) is 11.0. The van der Waals surface area contributed by atoms with Gasteiger partial charge in [0.2, 0.25) is 0 Å². The Morgan fingerprint density at radius 1 is 1.28 bits per heavy atom. The van der Waals surface area contributed by atoms with E-state index in [1.807, 2.05) is 39.8 Å². The average Bonchev–Trinajstić information content (AvgIpc) is 3.36. The number of methoxy groups -OCH3 is 1. The molecule has 1 unspecified atom stereocenters. The second kappa shape index (κ2) is 7.95. The van der Waals surface area contributed by atoms with Crippen molar-refractivity contribution in [2.24, 2.45) is 0 Å². The molecule has 8 nitrogen and oxygen atoms in total. The van der Waals surface area contributed by atoms with Crippen molar-refractivity contribution < 1.29 is 19.1 Å².